The van der Waals surface area contributed by atoms with Crippen molar-refractivity contribution in [2.45, 2.75) is 25.9 Å². The summed E-state index contributed by atoms with van der Waals surface area (Å²) in [4.78, 5) is 16.3. The summed E-state index contributed by atoms with van der Waals surface area (Å²) in [5.74, 6) is -1.77. The van der Waals surface area contributed by atoms with Crippen molar-refractivity contribution in [3.8, 4) is 0 Å². The number of hydrogen-bond acceptors (Lipinski definition) is 4. The van der Waals surface area contributed by atoms with Gasteiger partial charge < -0.3 is 19.7 Å². The Kier molecular flexibility index (Phi) is 9.51. The van der Waals surface area contributed by atoms with Gasteiger partial charge >= 0.3 is 5.97 Å². The highest BCUT2D eigenvalue weighted by molar-refractivity contribution is 9.10. The zero-order valence-electron chi connectivity index (χ0n) is 17.7. The van der Waals surface area contributed by atoms with E-state index in [2.05, 4.69) is 32.8 Å². The van der Waals surface area contributed by atoms with Crippen molar-refractivity contribution >= 4 is 45.1 Å². The maximum absolute atomic E-state index is 13.6. The Morgan fingerprint density at radius 1 is 1.44 bits per heavy atom. The van der Waals surface area contributed by atoms with E-state index in [-0.39, 0.29) is 16.8 Å². The Bertz CT molecular complexity index is 1050. The second-order valence-electron chi connectivity index (χ2n) is 6.91. The standard InChI is InChI=1S/C22H23BrCl2FN3O3/c1-5-16(10-17(25)13(3)26)27-18(14-6-8-15(24)9-7-14)20-19(21(30)31)28-22(23)29(20)12(2)11-32-4/h5-10,12,18,27H,1,11H2,2-4H3,(H,30,31)/b16-10+,17-13-/t12-,18?/m1/s1. The Labute approximate surface area is 204 Å². The fraction of sp³-hybridized carbons (Fsp3) is 0.273. The molecule has 0 amide bonds. The number of ether oxygens (including phenoxy) is 1. The first-order valence-electron chi connectivity index (χ1n) is 9.48. The normalized spacial score (nSPS) is 14.5. The molecule has 32 heavy (non-hydrogen) atoms. The Morgan fingerprint density at radius 3 is 2.56 bits per heavy atom. The molecule has 0 bridgehead atoms. The maximum atomic E-state index is 13.6. The van der Waals surface area contributed by atoms with Crippen LogP contribution in [-0.4, -0.2) is 34.3 Å². The number of aromatic nitrogens is 2. The molecule has 0 fully saturated rings. The largest absolute Gasteiger partial charge is 0.476 e. The number of hydrogen-bond donors (Lipinski definition) is 2. The molecule has 1 aromatic carbocycles. The van der Waals surface area contributed by atoms with Crippen molar-refractivity contribution in [1.82, 2.24) is 14.9 Å². The fourth-order valence-electron chi connectivity index (χ4n) is 3.11. The summed E-state index contributed by atoms with van der Waals surface area (Å²) in [6.45, 7) is 7.18. The summed E-state index contributed by atoms with van der Waals surface area (Å²) in [6.07, 6.45) is 2.84. The third-order valence-corrected chi connectivity index (χ3v) is 5.76. The summed E-state index contributed by atoms with van der Waals surface area (Å²) >= 11 is 15.4. The van der Waals surface area contributed by atoms with Crippen LogP contribution in [0.4, 0.5) is 4.39 Å². The van der Waals surface area contributed by atoms with E-state index in [1.807, 2.05) is 6.92 Å². The molecular weight excluding hydrogens is 524 g/mol. The number of imidazole rings is 1. The van der Waals surface area contributed by atoms with Crippen LogP contribution in [0, 0.1) is 0 Å². The molecule has 0 spiro atoms. The molecular formula is C22H23BrCl2FN3O3. The Hall–Kier alpha value is -2.13. The molecule has 0 radical (unpaired) electrons. The molecule has 1 aromatic heterocycles. The second kappa shape index (κ2) is 11.7. The van der Waals surface area contributed by atoms with Crippen molar-refractivity contribution in [3.05, 3.63) is 86.3 Å². The van der Waals surface area contributed by atoms with E-state index in [9.17, 15) is 14.3 Å². The Morgan fingerprint density at radius 2 is 2.06 bits per heavy atom. The van der Waals surface area contributed by atoms with Gasteiger partial charge in [0.15, 0.2) is 10.4 Å². The number of halogens is 4. The van der Waals surface area contributed by atoms with Gasteiger partial charge in [-0.2, -0.15) is 0 Å². The Balaban J connectivity index is 2.78. The molecule has 6 nitrogen and oxygen atoms in total. The number of carbonyl (C=O) groups is 1. The summed E-state index contributed by atoms with van der Waals surface area (Å²) in [5, 5.41) is 13.5. The van der Waals surface area contributed by atoms with Gasteiger partial charge in [-0.05, 0) is 59.6 Å². The number of aromatic carboxylic acids is 1. The summed E-state index contributed by atoms with van der Waals surface area (Å²) in [7, 11) is 1.56. The minimum absolute atomic E-state index is 0.108. The predicted molar refractivity (Wildman–Crippen MR) is 128 cm³/mol. The number of carboxylic acids is 1. The molecule has 172 valence electrons. The van der Waals surface area contributed by atoms with Crippen LogP contribution in [0.1, 0.15) is 47.7 Å². The number of benzene rings is 1. The number of nitrogens with one attached hydrogen (secondary N) is 1. The van der Waals surface area contributed by atoms with Crippen LogP contribution in [0.5, 0.6) is 0 Å². The highest BCUT2D eigenvalue weighted by atomic mass is 79.9. The number of carboxylic acid groups (broad SMARTS) is 1. The molecule has 2 atom stereocenters. The predicted octanol–water partition coefficient (Wildman–Crippen LogP) is 6.39. The van der Waals surface area contributed by atoms with E-state index in [0.717, 1.165) is 0 Å². The van der Waals surface area contributed by atoms with Gasteiger partial charge in [-0.25, -0.2) is 14.2 Å². The number of nitrogens with zero attached hydrogens (tertiary/aromatic N) is 2. The molecule has 2 rings (SSSR count). The zero-order valence-corrected chi connectivity index (χ0v) is 20.8. The zero-order chi connectivity index (χ0) is 24.0. The van der Waals surface area contributed by atoms with Gasteiger partial charge in [0.25, 0.3) is 0 Å². The summed E-state index contributed by atoms with van der Waals surface area (Å²) in [5.41, 5.74) is 1.28. The molecule has 1 unspecified atom stereocenters. The maximum Gasteiger partial charge on any atom is 0.356 e. The van der Waals surface area contributed by atoms with E-state index in [1.54, 1.807) is 35.9 Å². The van der Waals surface area contributed by atoms with Crippen LogP contribution >= 0.6 is 39.1 Å². The van der Waals surface area contributed by atoms with Crippen LogP contribution in [-0.2, 0) is 4.74 Å². The molecule has 0 saturated carbocycles. The number of allylic oxidation sites excluding steroid dienone is 4. The van der Waals surface area contributed by atoms with Gasteiger partial charge in [-0.3, -0.25) is 0 Å². The third-order valence-electron chi connectivity index (χ3n) is 4.58. The van der Waals surface area contributed by atoms with Crippen LogP contribution in [0.15, 0.2) is 64.3 Å². The lowest BCUT2D eigenvalue weighted by molar-refractivity contribution is 0.0688. The van der Waals surface area contributed by atoms with Crippen LogP contribution in [0.2, 0.25) is 5.02 Å². The van der Waals surface area contributed by atoms with E-state index >= 15 is 0 Å². The average molecular weight is 547 g/mol. The smallest absolute Gasteiger partial charge is 0.356 e. The molecule has 0 saturated heterocycles. The SMILES string of the molecule is C=C/C(=C\C(Cl)=C(/C)F)NC(c1ccc(Cl)cc1)c1c(C(=O)O)nc(Br)n1[C@H](C)COC. The van der Waals surface area contributed by atoms with Gasteiger partial charge in [0, 0.05) is 17.8 Å². The second-order valence-corrected chi connectivity index (χ2v) is 8.46. The molecule has 0 aliphatic carbocycles. The lowest BCUT2D eigenvalue weighted by atomic mass is 10.0. The van der Waals surface area contributed by atoms with Gasteiger partial charge in [0.2, 0.25) is 0 Å². The first-order valence-corrected chi connectivity index (χ1v) is 11.0. The topological polar surface area (TPSA) is 76.4 Å². The molecule has 0 aliphatic heterocycles. The fourth-order valence-corrected chi connectivity index (χ4v) is 4.07. The van der Waals surface area contributed by atoms with Crippen molar-refractivity contribution in [2.75, 3.05) is 13.7 Å². The van der Waals surface area contributed by atoms with E-state index in [4.69, 9.17) is 27.9 Å². The number of methoxy groups -OCH3 is 1. The first kappa shape index (κ1) is 26.1. The lowest BCUT2D eigenvalue weighted by Crippen LogP contribution is -2.27. The van der Waals surface area contributed by atoms with Crippen LogP contribution in [0.3, 0.4) is 0 Å². The minimum Gasteiger partial charge on any atom is -0.476 e. The van der Waals surface area contributed by atoms with Crippen LogP contribution in [0.25, 0.3) is 0 Å². The number of rotatable bonds is 10. The van der Waals surface area contributed by atoms with Crippen molar-refractivity contribution in [1.29, 1.82) is 0 Å². The van der Waals surface area contributed by atoms with Crippen molar-refractivity contribution < 1.29 is 19.0 Å². The highest BCUT2D eigenvalue weighted by Gasteiger charge is 2.31. The van der Waals surface area contributed by atoms with E-state index < -0.39 is 17.8 Å². The van der Waals surface area contributed by atoms with Crippen LogP contribution < -0.4 is 5.32 Å². The summed E-state index contributed by atoms with van der Waals surface area (Å²) < 4.78 is 20.9. The third kappa shape index (κ3) is 6.22. The van der Waals surface area contributed by atoms with Gasteiger partial charge in [0.05, 0.1) is 29.4 Å². The summed E-state index contributed by atoms with van der Waals surface area (Å²) in [6, 6.07) is 5.93. The lowest BCUT2D eigenvalue weighted by Gasteiger charge is -2.26. The van der Waals surface area contributed by atoms with E-state index in [0.29, 0.717) is 33.3 Å². The average Bonchev–Trinajstić information content (AvgIpc) is 3.09. The minimum atomic E-state index is -1.20. The monoisotopic (exact) mass is 545 g/mol. The molecule has 0 aliphatic rings. The van der Waals surface area contributed by atoms with Crippen molar-refractivity contribution in [3.63, 3.8) is 0 Å². The molecule has 1 heterocycles. The van der Waals surface area contributed by atoms with Gasteiger partial charge in [-0.15, -0.1) is 0 Å². The molecule has 2 aromatic rings. The van der Waals surface area contributed by atoms with Gasteiger partial charge in [-0.1, -0.05) is 41.9 Å². The van der Waals surface area contributed by atoms with Gasteiger partial charge in [0.1, 0.15) is 5.83 Å². The first-order chi connectivity index (χ1) is 15.1. The molecule has 10 heteroatoms. The highest BCUT2D eigenvalue weighted by Crippen LogP contribution is 2.33. The van der Waals surface area contributed by atoms with Crippen molar-refractivity contribution in [2.24, 2.45) is 0 Å². The quantitative estimate of drug-likeness (QED) is 0.337. The molecule has 2 N–H and O–H groups in total. The van der Waals surface area contributed by atoms with E-state index in [1.165, 1.54) is 19.1 Å².